The molecule has 1 unspecified atom stereocenters. The van der Waals surface area contributed by atoms with E-state index in [4.69, 9.17) is 5.84 Å². The van der Waals surface area contributed by atoms with E-state index in [9.17, 15) is 0 Å². The van der Waals surface area contributed by atoms with Gasteiger partial charge in [-0.05, 0) is 44.5 Å². The minimum Gasteiger partial charge on any atom is -0.302 e. The molecule has 3 N–H and O–H groups in total. The van der Waals surface area contributed by atoms with Crippen LogP contribution in [0.5, 0.6) is 0 Å². The van der Waals surface area contributed by atoms with E-state index in [-0.39, 0.29) is 11.6 Å². The van der Waals surface area contributed by atoms with Crippen molar-refractivity contribution in [3.05, 3.63) is 35.4 Å². The van der Waals surface area contributed by atoms with E-state index < -0.39 is 0 Å². The van der Waals surface area contributed by atoms with Crippen molar-refractivity contribution in [2.75, 3.05) is 14.1 Å². The molecular formula is C16H27N3. The number of aryl methyl sites for hydroxylation is 1. The van der Waals surface area contributed by atoms with Gasteiger partial charge in [0.15, 0.2) is 0 Å². The zero-order valence-electron chi connectivity index (χ0n) is 12.4. The average Bonchev–Trinajstić information content (AvgIpc) is 2.91. The van der Waals surface area contributed by atoms with Crippen molar-refractivity contribution in [1.82, 2.24) is 10.3 Å². The summed E-state index contributed by atoms with van der Waals surface area (Å²) in [6.07, 6.45) is 6.10. The minimum absolute atomic E-state index is 0.155. The monoisotopic (exact) mass is 261 g/mol. The Hall–Kier alpha value is -0.900. The van der Waals surface area contributed by atoms with E-state index >= 15 is 0 Å². The highest BCUT2D eigenvalue weighted by atomic mass is 15.3. The Labute approximate surface area is 117 Å². The molecule has 0 amide bonds. The van der Waals surface area contributed by atoms with Gasteiger partial charge in [-0.1, -0.05) is 44.0 Å². The second kappa shape index (κ2) is 6.04. The summed E-state index contributed by atoms with van der Waals surface area (Å²) in [4.78, 5) is 2.36. The van der Waals surface area contributed by atoms with E-state index in [1.165, 1.54) is 36.8 Å². The van der Waals surface area contributed by atoms with Crippen LogP contribution in [0.3, 0.4) is 0 Å². The fourth-order valence-corrected chi connectivity index (χ4v) is 3.49. The van der Waals surface area contributed by atoms with Crippen molar-refractivity contribution in [2.45, 2.75) is 50.6 Å². The lowest BCUT2D eigenvalue weighted by molar-refractivity contribution is 0.105. The smallest absolute Gasteiger partial charge is 0.0643 e. The predicted molar refractivity (Wildman–Crippen MR) is 80.8 cm³/mol. The molecule has 1 aromatic carbocycles. The van der Waals surface area contributed by atoms with Gasteiger partial charge < -0.3 is 4.90 Å². The van der Waals surface area contributed by atoms with Crippen LogP contribution in [0.4, 0.5) is 0 Å². The number of benzene rings is 1. The van der Waals surface area contributed by atoms with Crippen LogP contribution in [-0.4, -0.2) is 24.5 Å². The van der Waals surface area contributed by atoms with Crippen LogP contribution in [0.25, 0.3) is 0 Å². The quantitative estimate of drug-likeness (QED) is 0.632. The second-order valence-electron chi connectivity index (χ2n) is 5.90. The average molecular weight is 261 g/mol. The standard InChI is InChI=1S/C16H27N3/c1-4-13-7-9-14(10-8-13)15(18-17)16(19(2)3)11-5-6-12-16/h7-10,15,18H,4-6,11-12,17H2,1-3H3. The van der Waals surface area contributed by atoms with Gasteiger partial charge in [0.2, 0.25) is 0 Å². The number of rotatable bonds is 5. The number of hydrogen-bond donors (Lipinski definition) is 2. The Balaban J connectivity index is 2.31. The number of likely N-dealkylation sites (N-methyl/N-ethyl adjacent to an activating group) is 1. The first kappa shape index (κ1) is 14.5. The molecule has 1 saturated carbocycles. The first-order chi connectivity index (χ1) is 9.14. The lowest BCUT2D eigenvalue weighted by Gasteiger charge is -2.43. The molecule has 0 heterocycles. The van der Waals surface area contributed by atoms with E-state index in [0.29, 0.717) is 0 Å². The third-order valence-corrected chi connectivity index (χ3v) is 4.79. The van der Waals surface area contributed by atoms with Gasteiger partial charge in [0.1, 0.15) is 0 Å². The van der Waals surface area contributed by atoms with Gasteiger partial charge >= 0.3 is 0 Å². The molecule has 0 aromatic heterocycles. The van der Waals surface area contributed by atoms with Gasteiger partial charge in [-0.25, -0.2) is 0 Å². The van der Waals surface area contributed by atoms with Crippen LogP contribution in [0.15, 0.2) is 24.3 Å². The van der Waals surface area contributed by atoms with E-state index in [2.05, 4.69) is 55.6 Å². The molecule has 1 aliphatic rings. The summed E-state index contributed by atoms with van der Waals surface area (Å²) >= 11 is 0. The third kappa shape index (κ3) is 2.69. The zero-order valence-corrected chi connectivity index (χ0v) is 12.4. The Morgan fingerprint density at radius 3 is 2.21 bits per heavy atom. The van der Waals surface area contributed by atoms with Gasteiger partial charge in [0, 0.05) is 5.54 Å². The summed E-state index contributed by atoms with van der Waals surface area (Å²) in [5.74, 6) is 5.90. The largest absolute Gasteiger partial charge is 0.302 e. The Morgan fingerprint density at radius 1 is 1.21 bits per heavy atom. The Kier molecular flexibility index (Phi) is 4.61. The normalized spacial score (nSPS) is 19.8. The molecule has 1 aromatic rings. The number of nitrogens with zero attached hydrogens (tertiary/aromatic N) is 1. The first-order valence-corrected chi connectivity index (χ1v) is 7.36. The molecule has 0 radical (unpaired) electrons. The van der Waals surface area contributed by atoms with Gasteiger partial charge in [-0.3, -0.25) is 11.3 Å². The maximum absolute atomic E-state index is 5.90. The Morgan fingerprint density at radius 2 is 1.79 bits per heavy atom. The fraction of sp³-hybridized carbons (Fsp3) is 0.625. The van der Waals surface area contributed by atoms with Crippen molar-refractivity contribution >= 4 is 0 Å². The molecule has 1 fully saturated rings. The van der Waals surface area contributed by atoms with Crippen molar-refractivity contribution in [3.8, 4) is 0 Å². The Bertz CT molecular complexity index is 391. The summed E-state index contributed by atoms with van der Waals surface area (Å²) in [6.45, 7) is 2.19. The number of nitrogens with one attached hydrogen (secondary N) is 1. The molecule has 1 atom stereocenters. The molecule has 0 saturated heterocycles. The van der Waals surface area contributed by atoms with Crippen LogP contribution >= 0.6 is 0 Å². The molecule has 0 spiro atoms. The van der Waals surface area contributed by atoms with Crippen LogP contribution in [0.2, 0.25) is 0 Å². The molecule has 3 nitrogen and oxygen atoms in total. The van der Waals surface area contributed by atoms with Crippen molar-refractivity contribution in [1.29, 1.82) is 0 Å². The minimum atomic E-state index is 0.155. The number of nitrogens with two attached hydrogens (primary N) is 1. The van der Waals surface area contributed by atoms with Gasteiger partial charge in [-0.2, -0.15) is 0 Å². The molecule has 0 bridgehead atoms. The molecule has 106 valence electrons. The summed E-state index contributed by atoms with van der Waals surface area (Å²) in [5, 5.41) is 0. The second-order valence-corrected chi connectivity index (χ2v) is 5.90. The summed E-state index contributed by atoms with van der Waals surface area (Å²) in [6, 6.07) is 9.10. The zero-order chi connectivity index (χ0) is 13.9. The van der Waals surface area contributed by atoms with Crippen LogP contribution in [-0.2, 0) is 6.42 Å². The lowest BCUT2D eigenvalue weighted by atomic mass is 9.82. The van der Waals surface area contributed by atoms with Crippen LogP contribution < -0.4 is 11.3 Å². The van der Waals surface area contributed by atoms with Crippen LogP contribution in [0.1, 0.15) is 49.8 Å². The lowest BCUT2D eigenvalue weighted by Crippen LogP contribution is -2.53. The number of hydrazine groups is 1. The molecule has 1 aliphatic carbocycles. The van der Waals surface area contributed by atoms with Crippen molar-refractivity contribution in [2.24, 2.45) is 5.84 Å². The van der Waals surface area contributed by atoms with Crippen LogP contribution in [0, 0.1) is 0 Å². The van der Waals surface area contributed by atoms with E-state index in [0.717, 1.165) is 6.42 Å². The highest BCUT2D eigenvalue weighted by molar-refractivity contribution is 5.28. The summed E-state index contributed by atoms with van der Waals surface area (Å²) < 4.78 is 0. The van der Waals surface area contributed by atoms with Gasteiger partial charge in [0.05, 0.1) is 6.04 Å². The predicted octanol–water partition coefficient (Wildman–Crippen LogP) is 2.63. The molecule has 0 aliphatic heterocycles. The van der Waals surface area contributed by atoms with Gasteiger partial charge in [0.25, 0.3) is 0 Å². The maximum atomic E-state index is 5.90. The molecular weight excluding hydrogens is 234 g/mol. The number of hydrogen-bond acceptors (Lipinski definition) is 3. The maximum Gasteiger partial charge on any atom is 0.0643 e. The third-order valence-electron chi connectivity index (χ3n) is 4.79. The van der Waals surface area contributed by atoms with E-state index in [1.54, 1.807) is 0 Å². The summed E-state index contributed by atoms with van der Waals surface area (Å²) in [5.41, 5.74) is 5.91. The van der Waals surface area contributed by atoms with Crippen molar-refractivity contribution in [3.63, 3.8) is 0 Å². The summed E-state index contributed by atoms with van der Waals surface area (Å²) in [7, 11) is 4.35. The highest BCUT2D eigenvalue weighted by Crippen LogP contribution is 2.43. The topological polar surface area (TPSA) is 41.3 Å². The van der Waals surface area contributed by atoms with E-state index in [1.807, 2.05) is 0 Å². The molecule has 19 heavy (non-hydrogen) atoms. The highest BCUT2D eigenvalue weighted by Gasteiger charge is 2.43. The molecule has 2 rings (SSSR count). The van der Waals surface area contributed by atoms with Crippen molar-refractivity contribution < 1.29 is 0 Å². The SMILES string of the molecule is CCc1ccc(C(NN)C2(N(C)C)CCCC2)cc1. The fourth-order valence-electron chi connectivity index (χ4n) is 3.49. The van der Waals surface area contributed by atoms with Gasteiger partial charge in [-0.15, -0.1) is 0 Å². The molecule has 3 heteroatoms. The first-order valence-electron chi connectivity index (χ1n) is 7.36.